The molecule has 0 bridgehead atoms. The number of likely N-dealkylation sites (N-methyl/N-ethyl adjacent to an activating group) is 1. The van der Waals surface area contributed by atoms with Crippen LogP contribution in [0.25, 0.3) is 0 Å². The first-order valence-corrected chi connectivity index (χ1v) is 6.37. The van der Waals surface area contributed by atoms with Gasteiger partial charge >= 0.3 is 0 Å². The van der Waals surface area contributed by atoms with Crippen LogP contribution in [0, 0.1) is 0 Å². The molecule has 2 heterocycles. The van der Waals surface area contributed by atoms with Crippen LogP contribution in [0.2, 0.25) is 0 Å². The summed E-state index contributed by atoms with van der Waals surface area (Å²) in [4.78, 5) is 9.31. The number of rotatable bonds is 2. The molecular weight excluding hydrogens is 334 g/mol. The van der Waals surface area contributed by atoms with Gasteiger partial charge in [-0.2, -0.15) is 0 Å². The van der Waals surface area contributed by atoms with E-state index >= 15 is 0 Å². The molecule has 0 N–H and O–H groups in total. The van der Waals surface area contributed by atoms with Gasteiger partial charge in [-0.05, 0) is 19.2 Å². The number of pyridine rings is 1. The van der Waals surface area contributed by atoms with Crippen LogP contribution in [-0.2, 0) is 5.33 Å². The Hall–Kier alpha value is -0.130. The van der Waals surface area contributed by atoms with Gasteiger partial charge < -0.3 is 9.80 Å². The first-order valence-electron chi connectivity index (χ1n) is 5.25. The number of alkyl halides is 1. The van der Waals surface area contributed by atoms with Gasteiger partial charge in [-0.3, -0.25) is 0 Å². The van der Waals surface area contributed by atoms with E-state index in [0.29, 0.717) is 0 Å². The molecule has 16 heavy (non-hydrogen) atoms. The van der Waals surface area contributed by atoms with Crippen molar-refractivity contribution in [2.75, 3.05) is 38.1 Å². The number of piperazine rings is 1. The summed E-state index contributed by atoms with van der Waals surface area (Å²) in [6.45, 7) is 4.41. The third kappa shape index (κ3) is 3.43. The average Bonchev–Trinajstić information content (AvgIpc) is 2.30. The van der Waals surface area contributed by atoms with Gasteiger partial charge in [0, 0.05) is 31.5 Å². The molecule has 0 radical (unpaired) electrons. The summed E-state index contributed by atoms with van der Waals surface area (Å²) in [5, 5.41) is 0.828. The minimum atomic E-state index is 0. The molecule has 1 aromatic rings. The number of hydrogen-bond acceptors (Lipinski definition) is 3. The molecule has 0 atom stereocenters. The molecule has 0 spiro atoms. The largest absolute Gasteiger partial charge is 0.354 e. The quantitative estimate of drug-likeness (QED) is 0.763. The standard InChI is InChI=1S/C11H16BrN3.BrH/c1-14-5-7-15(8-6-14)11-4-2-3-10(9-12)13-11;/h2-4H,5-9H2,1H3;1H. The van der Waals surface area contributed by atoms with Gasteiger partial charge in [0.05, 0.1) is 5.69 Å². The SMILES string of the molecule is Br.CN1CCN(c2cccc(CBr)n2)CC1. The van der Waals surface area contributed by atoms with Crippen LogP contribution in [-0.4, -0.2) is 43.1 Å². The molecule has 0 aliphatic carbocycles. The predicted molar refractivity (Wildman–Crippen MR) is 76.9 cm³/mol. The summed E-state index contributed by atoms with van der Waals surface area (Å²) in [6, 6.07) is 6.23. The number of anilines is 1. The zero-order valence-corrected chi connectivity index (χ0v) is 12.7. The second-order valence-electron chi connectivity index (χ2n) is 3.91. The van der Waals surface area contributed by atoms with Gasteiger partial charge in [0.15, 0.2) is 0 Å². The zero-order chi connectivity index (χ0) is 10.7. The number of hydrogen-bond donors (Lipinski definition) is 0. The van der Waals surface area contributed by atoms with E-state index in [2.05, 4.69) is 49.9 Å². The molecule has 1 fully saturated rings. The Balaban J connectivity index is 0.00000128. The van der Waals surface area contributed by atoms with E-state index in [-0.39, 0.29) is 17.0 Å². The van der Waals surface area contributed by atoms with Crippen LogP contribution < -0.4 is 4.90 Å². The highest BCUT2D eigenvalue weighted by molar-refractivity contribution is 9.08. The Morgan fingerprint density at radius 1 is 1.25 bits per heavy atom. The van der Waals surface area contributed by atoms with E-state index in [4.69, 9.17) is 0 Å². The third-order valence-corrected chi connectivity index (χ3v) is 3.33. The van der Waals surface area contributed by atoms with Crippen LogP contribution in [0.4, 0.5) is 5.82 Å². The number of halogens is 2. The van der Waals surface area contributed by atoms with Crippen molar-refractivity contribution in [3.63, 3.8) is 0 Å². The van der Waals surface area contributed by atoms with Crippen LogP contribution >= 0.6 is 32.9 Å². The topological polar surface area (TPSA) is 19.4 Å². The van der Waals surface area contributed by atoms with E-state index in [1.165, 1.54) is 0 Å². The summed E-state index contributed by atoms with van der Waals surface area (Å²) in [5.74, 6) is 1.11. The molecule has 0 amide bonds. The fraction of sp³-hybridized carbons (Fsp3) is 0.545. The maximum absolute atomic E-state index is 4.60. The van der Waals surface area contributed by atoms with Gasteiger partial charge in [-0.15, -0.1) is 17.0 Å². The van der Waals surface area contributed by atoms with Crippen molar-refractivity contribution >= 4 is 38.7 Å². The lowest BCUT2D eigenvalue weighted by atomic mass is 10.3. The summed E-state index contributed by atoms with van der Waals surface area (Å²) in [6.07, 6.45) is 0. The lowest BCUT2D eigenvalue weighted by Crippen LogP contribution is -2.44. The first kappa shape index (κ1) is 13.9. The highest BCUT2D eigenvalue weighted by atomic mass is 79.9. The smallest absolute Gasteiger partial charge is 0.128 e. The van der Waals surface area contributed by atoms with E-state index in [0.717, 1.165) is 43.0 Å². The van der Waals surface area contributed by atoms with Gasteiger partial charge in [-0.1, -0.05) is 22.0 Å². The molecule has 5 heteroatoms. The highest BCUT2D eigenvalue weighted by Crippen LogP contribution is 2.14. The van der Waals surface area contributed by atoms with Crippen molar-refractivity contribution in [1.82, 2.24) is 9.88 Å². The molecule has 2 rings (SSSR count). The van der Waals surface area contributed by atoms with Gasteiger partial charge in [0.25, 0.3) is 0 Å². The Morgan fingerprint density at radius 3 is 2.56 bits per heavy atom. The highest BCUT2D eigenvalue weighted by Gasteiger charge is 2.14. The van der Waals surface area contributed by atoms with Gasteiger partial charge in [0.2, 0.25) is 0 Å². The molecule has 0 saturated carbocycles. The molecule has 0 aromatic carbocycles. The third-order valence-electron chi connectivity index (χ3n) is 2.76. The van der Waals surface area contributed by atoms with Crippen LogP contribution in [0.1, 0.15) is 5.69 Å². The number of aromatic nitrogens is 1. The Morgan fingerprint density at radius 2 is 1.94 bits per heavy atom. The Bertz CT molecular complexity index is 325. The fourth-order valence-electron chi connectivity index (χ4n) is 1.75. The first-order chi connectivity index (χ1) is 7.29. The molecule has 3 nitrogen and oxygen atoms in total. The lowest BCUT2D eigenvalue weighted by molar-refractivity contribution is 0.312. The van der Waals surface area contributed by atoms with Crippen molar-refractivity contribution < 1.29 is 0 Å². The maximum atomic E-state index is 4.60. The molecule has 90 valence electrons. The summed E-state index contributed by atoms with van der Waals surface area (Å²) in [5.41, 5.74) is 1.10. The van der Waals surface area contributed by atoms with Crippen molar-refractivity contribution in [2.45, 2.75) is 5.33 Å². The van der Waals surface area contributed by atoms with Crippen LogP contribution in [0.15, 0.2) is 18.2 Å². The van der Waals surface area contributed by atoms with E-state index in [9.17, 15) is 0 Å². The number of nitrogens with zero attached hydrogens (tertiary/aromatic N) is 3. The molecule has 1 saturated heterocycles. The van der Waals surface area contributed by atoms with E-state index in [1.807, 2.05) is 6.07 Å². The van der Waals surface area contributed by atoms with E-state index < -0.39 is 0 Å². The maximum Gasteiger partial charge on any atom is 0.128 e. The van der Waals surface area contributed by atoms with Crippen molar-refractivity contribution in [1.29, 1.82) is 0 Å². The van der Waals surface area contributed by atoms with E-state index in [1.54, 1.807) is 0 Å². The Kier molecular flexibility index (Phi) is 5.72. The lowest BCUT2D eigenvalue weighted by Gasteiger charge is -2.33. The van der Waals surface area contributed by atoms with Gasteiger partial charge in [0.1, 0.15) is 5.82 Å². The van der Waals surface area contributed by atoms with Crippen LogP contribution in [0.5, 0.6) is 0 Å². The molecule has 1 aliphatic rings. The predicted octanol–water partition coefficient (Wildman–Crippen LogP) is 2.31. The second kappa shape index (κ2) is 6.57. The van der Waals surface area contributed by atoms with Crippen LogP contribution in [0.3, 0.4) is 0 Å². The normalized spacial score (nSPS) is 17.0. The van der Waals surface area contributed by atoms with Gasteiger partial charge in [-0.25, -0.2) is 4.98 Å². The molecule has 0 unspecified atom stereocenters. The minimum Gasteiger partial charge on any atom is -0.354 e. The van der Waals surface area contributed by atoms with Crippen molar-refractivity contribution in [3.05, 3.63) is 23.9 Å². The van der Waals surface area contributed by atoms with Crippen molar-refractivity contribution in [2.24, 2.45) is 0 Å². The molecule has 1 aliphatic heterocycles. The summed E-state index contributed by atoms with van der Waals surface area (Å²) in [7, 11) is 2.17. The minimum absolute atomic E-state index is 0. The fourth-order valence-corrected chi connectivity index (χ4v) is 2.07. The second-order valence-corrected chi connectivity index (χ2v) is 4.47. The molecule has 1 aromatic heterocycles. The summed E-state index contributed by atoms with van der Waals surface area (Å²) >= 11 is 3.44. The van der Waals surface area contributed by atoms with Crippen molar-refractivity contribution in [3.8, 4) is 0 Å². The zero-order valence-electron chi connectivity index (χ0n) is 9.40. The summed E-state index contributed by atoms with van der Waals surface area (Å²) < 4.78 is 0. The monoisotopic (exact) mass is 349 g/mol. The average molecular weight is 351 g/mol. The molecular formula is C11H17Br2N3. The Labute approximate surface area is 116 Å².